The highest BCUT2D eigenvalue weighted by atomic mass is 35.5. The summed E-state index contributed by atoms with van der Waals surface area (Å²) in [7, 11) is 0. The predicted octanol–water partition coefficient (Wildman–Crippen LogP) is 5.13. The molecule has 5 rings (SSSR count). The van der Waals surface area contributed by atoms with Crippen molar-refractivity contribution in [1.29, 1.82) is 0 Å². The summed E-state index contributed by atoms with van der Waals surface area (Å²) in [5.41, 5.74) is 1.79. The van der Waals surface area contributed by atoms with Crippen LogP contribution in [-0.2, 0) is 20.4 Å². The third kappa shape index (κ3) is 4.26. The highest BCUT2D eigenvalue weighted by molar-refractivity contribution is 6.30. The Morgan fingerprint density at radius 2 is 1.94 bits per heavy atom. The van der Waals surface area contributed by atoms with E-state index in [2.05, 4.69) is 10.2 Å². The maximum Gasteiger partial charge on any atom is 0.452 e. The number of fused-ring (bicyclic) bond motifs is 4. The van der Waals surface area contributed by atoms with E-state index in [0.29, 0.717) is 46.4 Å². The van der Waals surface area contributed by atoms with Crippen LogP contribution >= 0.6 is 11.6 Å². The summed E-state index contributed by atoms with van der Waals surface area (Å²) in [5, 5.41) is 7.49. The minimum Gasteiger partial charge on any atom is -0.486 e. The van der Waals surface area contributed by atoms with Gasteiger partial charge in [0, 0.05) is 16.1 Å². The highest BCUT2D eigenvalue weighted by Crippen LogP contribution is 2.47. The maximum atomic E-state index is 14.0. The van der Waals surface area contributed by atoms with Gasteiger partial charge in [-0.2, -0.15) is 13.2 Å². The molecule has 190 valence electrons. The number of esters is 1. The number of hydrogen-bond acceptors (Lipinski definition) is 7. The Morgan fingerprint density at radius 1 is 1.17 bits per heavy atom. The van der Waals surface area contributed by atoms with Crippen LogP contribution in [0.4, 0.5) is 13.2 Å². The summed E-state index contributed by atoms with van der Waals surface area (Å²) in [4.78, 5) is 12.4. The molecule has 2 aliphatic heterocycles. The molecule has 3 aromatic rings. The monoisotopic (exact) mass is 523 g/mol. The number of carbonyl (C=O) groups excluding carboxylic acids is 1. The fourth-order valence-corrected chi connectivity index (χ4v) is 4.65. The van der Waals surface area contributed by atoms with Crippen LogP contribution in [0.3, 0.4) is 0 Å². The van der Waals surface area contributed by atoms with Crippen LogP contribution in [0.25, 0.3) is 5.69 Å². The smallest absolute Gasteiger partial charge is 0.452 e. The molecule has 12 heteroatoms. The normalized spacial score (nSPS) is 18.7. The first kappa shape index (κ1) is 24.4. The third-order valence-electron chi connectivity index (χ3n) is 5.98. The average Bonchev–Trinajstić information content (AvgIpc) is 3.24. The highest BCUT2D eigenvalue weighted by Gasteiger charge is 2.44. The van der Waals surface area contributed by atoms with Crippen molar-refractivity contribution >= 4 is 17.6 Å². The molecular weight excluding hydrogens is 503 g/mol. The van der Waals surface area contributed by atoms with Crippen LogP contribution in [-0.4, -0.2) is 40.6 Å². The number of ether oxygens (including phenoxy) is 4. The lowest BCUT2D eigenvalue weighted by Gasteiger charge is -2.27. The Labute approximate surface area is 208 Å². The Bertz CT molecular complexity index is 1330. The second-order valence-electron chi connectivity index (χ2n) is 8.24. The molecule has 3 heterocycles. The van der Waals surface area contributed by atoms with Gasteiger partial charge in [-0.1, -0.05) is 17.7 Å². The number of hydrogen-bond donors (Lipinski definition) is 0. The summed E-state index contributed by atoms with van der Waals surface area (Å²) in [5.74, 6) is -0.975. The van der Waals surface area contributed by atoms with Gasteiger partial charge < -0.3 is 18.9 Å². The summed E-state index contributed by atoms with van der Waals surface area (Å²) in [6.07, 6.45) is -7.30. The number of halogens is 4. The van der Waals surface area contributed by atoms with E-state index in [1.54, 1.807) is 19.1 Å². The molecule has 36 heavy (non-hydrogen) atoms. The summed E-state index contributed by atoms with van der Waals surface area (Å²) < 4.78 is 65.7. The molecule has 0 saturated heterocycles. The lowest BCUT2D eigenvalue weighted by atomic mass is 9.95. The van der Waals surface area contributed by atoms with Crippen molar-refractivity contribution in [3.63, 3.8) is 0 Å². The summed E-state index contributed by atoms with van der Waals surface area (Å²) in [6.45, 7) is 4.30. The number of carbonyl (C=O) groups is 1. The first-order valence-corrected chi connectivity index (χ1v) is 11.6. The minimum absolute atomic E-state index is 0.104. The summed E-state index contributed by atoms with van der Waals surface area (Å²) in [6, 6.07) is 7.95. The van der Waals surface area contributed by atoms with E-state index in [9.17, 15) is 18.0 Å². The van der Waals surface area contributed by atoms with Crippen LogP contribution < -0.4 is 9.47 Å². The summed E-state index contributed by atoms with van der Waals surface area (Å²) >= 11 is 6.29. The van der Waals surface area contributed by atoms with Crippen molar-refractivity contribution in [1.82, 2.24) is 14.8 Å². The molecule has 2 atom stereocenters. The molecule has 0 saturated carbocycles. The van der Waals surface area contributed by atoms with E-state index in [4.69, 9.17) is 30.5 Å². The second kappa shape index (κ2) is 9.29. The molecule has 8 nitrogen and oxygen atoms in total. The number of aromatic nitrogens is 3. The van der Waals surface area contributed by atoms with Crippen LogP contribution in [0.1, 0.15) is 53.9 Å². The Kier molecular flexibility index (Phi) is 6.29. The van der Waals surface area contributed by atoms with Crippen molar-refractivity contribution in [2.24, 2.45) is 0 Å². The fourth-order valence-electron chi connectivity index (χ4n) is 4.47. The van der Waals surface area contributed by atoms with Crippen molar-refractivity contribution in [3.05, 3.63) is 63.7 Å². The molecule has 0 aliphatic carbocycles. The maximum absolute atomic E-state index is 14.0. The lowest BCUT2D eigenvalue weighted by Crippen LogP contribution is -2.19. The molecule has 0 radical (unpaired) electrons. The molecule has 0 amide bonds. The molecule has 2 aliphatic rings. The molecular formula is C24H21ClF3N3O5. The molecule has 0 unspecified atom stereocenters. The molecule has 0 spiro atoms. The van der Waals surface area contributed by atoms with Gasteiger partial charge in [0.25, 0.3) is 0 Å². The largest absolute Gasteiger partial charge is 0.486 e. The SMILES string of the molecule is CCOC(=O)C[C@H]1O[C@H](c2ccc3c(c2C)OCCO3)c2cc(Cl)ccc2-n2c1nnc2C(F)(F)F. The number of rotatable bonds is 4. The molecule has 2 aromatic carbocycles. The first-order valence-electron chi connectivity index (χ1n) is 11.2. The van der Waals surface area contributed by atoms with Crippen LogP contribution in [0.15, 0.2) is 30.3 Å². The van der Waals surface area contributed by atoms with E-state index in [-0.39, 0.29) is 24.5 Å². The van der Waals surface area contributed by atoms with Crippen molar-refractivity contribution in [3.8, 4) is 17.2 Å². The van der Waals surface area contributed by atoms with E-state index in [1.807, 2.05) is 6.92 Å². The number of nitrogens with zero attached hydrogens (tertiary/aromatic N) is 3. The average molecular weight is 524 g/mol. The van der Waals surface area contributed by atoms with Crippen LogP contribution in [0, 0.1) is 6.92 Å². The van der Waals surface area contributed by atoms with Gasteiger partial charge in [-0.15, -0.1) is 10.2 Å². The van der Waals surface area contributed by atoms with Crippen molar-refractivity contribution in [2.45, 2.75) is 38.7 Å². The van der Waals surface area contributed by atoms with Gasteiger partial charge in [-0.05, 0) is 43.7 Å². The minimum atomic E-state index is -4.82. The van der Waals surface area contributed by atoms with E-state index in [1.165, 1.54) is 18.2 Å². The lowest BCUT2D eigenvalue weighted by molar-refractivity contribution is -0.147. The quantitative estimate of drug-likeness (QED) is 0.438. The molecule has 0 N–H and O–H groups in total. The first-order chi connectivity index (χ1) is 17.2. The number of benzene rings is 2. The van der Waals surface area contributed by atoms with Crippen molar-refractivity contribution in [2.75, 3.05) is 19.8 Å². The fraction of sp³-hybridized carbons (Fsp3) is 0.375. The zero-order chi connectivity index (χ0) is 25.6. The number of alkyl halides is 3. The van der Waals surface area contributed by atoms with Gasteiger partial charge in [0.1, 0.15) is 25.4 Å². The standard InChI is InChI=1S/C24H21ClF3N3O5/c1-3-33-19(32)11-18-22-29-30-23(24(26,27)28)31(22)16-6-4-13(25)10-15(16)21(36-18)14-5-7-17-20(12(14)2)35-9-8-34-17/h4-7,10,18,21H,3,8-9,11H2,1-2H3/t18-,21-/m1/s1. The van der Waals surface area contributed by atoms with Gasteiger partial charge in [-0.3, -0.25) is 9.36 Å². The van der Waals surface area contributed by atoms with Gasteiger partial charge in [0.15, 0.2) is 17.3 Å². The van der Waals surface area contributed by atoms with E-state index < -0.39 is 30.2 Å². The Balaban J connectivity index is 1.73. The molecule has 0 bridgehead atoms. The molecule has 1 aromatic heterocycles. The zero-order valence-electron chi connectivity index (χ0n) is 19.3. The Morgan fingerprint density at radius 3 is 2.69 bits per heavy atom. The van der Waals surface area contributed by atoms with Gasteiger partial charge in [0.2, 0.25) is 5.82 Å². The predicted molar refractivity (Wildman–Crippen MR) is 120 cm³/mol. The van der Waals surface area contributed by atoms with Crippen LogP contribution in [0.5, 0.6) is 11.5 Å². The van der Waals surface area contributed by atoms with E-state index in [0.717, 1.165) is 4.57 Å². The zero-order valence-corrected chi connectivity index (χ0v) is 20.0. The van der Waals surface area contributed by atoms with Gasteiger partial charge in [-0.25, -0.2) is 0 Å². The Hall–Kier alpha value is -3.31. The third-order valence-corrected chi connectivity index (χ3v) is 6.22. The van der Waals surface area contributed by atoms with E-state index >= 15 is 0 Å². The molecule has 0 fully saturated rings. The van der Waals surface area contributed by atoms with Gasteiger partial charge in [0.05, 0.1) is 18.7 Å². The second-order valence-corrected chi connectivity index (χ2v) is 8.67. The van der Waals surface area contributed by atoms with Crippen LogP contribution in [0.2, 0.25) is 5.02 Å². The topological polar surface area (TPSA) is 84.7 Å². The van der Waals surface area contributed by atoms with Crippen molar-refractivity contribution < 1.29 is 36.9 Å². The van der Waals surface area contributed by atoms with Gasteiger partial charge >= 0.3 is 12.1 Å².